The van der Waals surface area contributed by atoms with Crippen LogP contribution in [0.4, 0.5) is 4.39 Å². The second kappa shape index (κ2) is 5.61. The Morgan fingerprint density at radius 3 is 2.70 bits per heavy atom. The van der Waals surface area contributed by atoms with E-state index in [1.807, 2.05) is 6.92 Å². The molecule has 1 aromatic carbocycles. The zero-order valence-corrected chi connectivity index (χ0v) is 11.6. The number of carbonyl (C=O) groups excluding carboxylic acids is 1. The molecule has 2 rings (SSSR count). The lowest BCUT2D eigenvalue weighted by molar-refractivity contribution is -0.144. The van der Waals surface area contributed by atoms with Crippen LogP contribution in [0.2, 0.25) is 0 Å². The van der Waals surface area contributed by atoms with E-state index in [4.69, 9.17) is 0 Å². The first-order valence-electron chi connectivity index (χ1n) is 6.70. The number of aryl methyl sites for hydroxylation is 1. The third-order valence-corrected chi connectivity index (χ3v) is 3.77. The van der Waals surface area contributed by atoms with Crippen molar-refractivity contribution in [3.05, 3.63) is 35.1 Å². The van der Waals surface area contributed by atoms with Crippen molar-refractivity contribution < 1.29 is 19.1 Å². The fraction of sp³-hybridized carbons (Fsp3) is 0.467. The molecule has 1 heterocycles. The molecule has 0 aliphatic carbocycles. The Balaban J connectivity index is 2.28. The summed E-state index contributed by atoms with van der Waals surface area (Å²) in [5.74, 6) is -1.92. The lowest BCUT2D eigenvalue weighted by atomic mass is 9.91. The van der Waals surface area contributed by atoms with Gasteiger partial charge in [0.1, 0.15) is 11.9 Å². The molecule has 5 heteroatoms. The molecule has 1 amide bonds. The molecule has 1 fully saturated rings. The first kappa shape index (κ1) is 14.5. The van der Waals surface area contributed by atoms with Crippen molar-refractivity contribution in [3.63, 3.8) is 0 Å². The molecule has 1 N–H and O–H groups in total. The molecule has 1 saturated heterocycles. The summed E-state index contributed by atoms with van der Waals surface area (Å²) in [5, 5.41) is 9.25. The fourth-order valence-electron chi connectivity index (χ4n) is 2.57. The Kier molecular flexibility index (Phi) is 4.06. The summed E-state index contributed by atoms with van der Waals surface area (Å²) in [6.07, 6.45) is 1.15. The van der Waals surface area contributed by atoms with Gasteiger partial charge in [-0.2, -0.15) is 0 Å². The Labute approximate surface area is 117 Å². The highest BCUT2D eigenvalue weighted by Gasteiger charge is 2.35. The van der Waals surface area contributed by atoms with Crippen molar-refractivity contribution in [1.82, 2.24) is 4.90 Å². The predicted molar refractivity (Wildman–Crippen MR) is 72.0 cm³/mol. The molecule has 0 radical (unpaired) electrons. The minimum Gasteiger partial charge on any atom is -0.480 e. The van der Waals surface area contributed by atoms with Crippen LogP contribution < -0.4 is 0 Å². The molecule has 2 unspecified atom stereocenters. The van der Waals surface area contributed by atoms with Gasteiger partial charge in [0.2, 0.25) is 0 Å². The average Bonchev–Trinajstić information content (AvgIpc) is 2.37. The van der Waals surface area contributed by atoms with Crippen molar-refractivity contribution in [2.45, 2.75) is 32.7 Å². The lowest BCUT2D eigenvalue weighted by Gasteiger charge is -2.36. The molecule has 0 bridgehead atoms. The van der Waals surface area contributed by atoms with Gasteiger partial charge in [-0.15, -0.1) is 0 Å². The number of carboxylic acid groups (broad SMARTS) is 1. The Bertz CT molecular complexity index is 544. The van der Waals surface area contributed by atoms with Gasteiger partial charge in [-0.1, -0.05) is 13.0 Å². The second-order valence-corrected chi connectivity index (χ2v) is 5.47. The van der Waals surface area contributed by atoms with Crippen LogP contribution in [0.5, 0.6) is 0 Å². The van der Waals surface area contributed by atoms with Gasteiger partial charge in [0, 0.05) is 6.54 Å². The van der Waals surface area contributed by atoms with Crippen LogP contribution in [0.3, 0.4) is 0 Å². The van der Waals surface area contributed by atoms with E-state index >= 15 is 0 Å². The maximum absolute atomic E-state index is 13.9. The molecule has 1 aliphatic heterocycles. The third-order valence-electron chi connectivity index (χ3n) is 3.77. The first-order valence-corrected chi connectivity index (χ1v) is 6.70. The molecule has 4 nitrogen and oxygen atoms in total. The molecular formula is C15H18FNO3. The maximum Gasteiger partial charge on any atom is 0.326 e. The number of benzene rings is 1. The van der Waals surface area contributed by atoms with E-state index in [2.05, 4.69) is 0 Å². The third kappa shape index (κ3) is 2.81. The van der Waals surface area contributed by atoms with Crippen LogP contribution in [-0.4, -0.2) is 34.5 Å². The van der Waals surface area contributed by atoms with Gasteiger partial charge in [0.15, 0.2) is 0 Å². The molecule has 0 saturated carbocycles. The van der Waals surface area contributed by atoms with Crippen molar-refractivity contribution >= 4 is 11.9 Å². The molecule has 1 aliphatic rings. The van der Waals surface area contributed by atoms with E-state index < -0.39 is 23.7 Å². The summed E-state index contributed by atoms with van der Waals surface area (Å²) in [7, 11) is 0. The normalized spacial score (nSPS) is 22.6. The maximum atomic E-state index is 13.9. The van der Waals surface area contributed by atoms with Crippen molar-refractivity contribution in [3.8, 4) is 0 Å². The largest absolute Gasteiger partial charge is 0.480 e. The van der Waals surface area contributed by atoms with Crippen LogP contribution in [0, 0.1) is 18.7 Å². The minimum absolute atomic E-state index is 0.0589. The SMILES string of the molecule is Cc1ccc(C(=O)N2CCC(C)CC2C(=O)O)c(F)c1. The topological polar surface area (TPSA) is 57.6 Å². The van der Waals surface area contributed by atoms with Crippen LogP contribution in [-0.2, 0) is 4.79 Å². The molecule has 20 heavy (non-hydrogen) atoms. The second-order valence-electron chi connectivity index (χ2n) is 5.47. The number of carboxylic acids is 1. The molecule has 2 atom stereocenters. The van der Waals surface area contributed by atoms with Gasteiger partial charge in [-0.3, -0.25) is 4.79 Å². The van der Waals surface area contributed by atoms with Crippen molar-refractivity contribution in [2.75, 3.05) is 6.54 Å². The number of halogens is 1. The van der Waals surface area contributed by atoms with Crippen LogP contribution in [0.1, 0.15) is 35.7 Å². The fourth-order valence-corrected chi connectivity index (χ4v) is 2.57. The van der Waals surface area contributed by atoms with Gasteiger partial charge in [-0.05, 0) is 43.4 Å². The monoisotopic (exact) mass is 279 g/mol. The van der Waals surface area contributed by atoms with Gasteiger partial charge in [0.05, 0.1) is 5.56 Å². The van der Waals surface area contributed by atoms with Gasteiger partial charge in [0.25, 0.3) is 5.91 Å². The lowest BCUT2D eigenvalue weighted by Crippen LogP contribution is -2.50. The number of rotatable bonds is 2. The summed E-state index contributed by atoms with van der Waals surface area (Å²) in [6, 6.07) is 3.49. The van der Waals surface area contributed by atoms with Crippen molar-refractivity contribution in [2.24, 2.45) is 5.92 Å². The van der Waals surface area contributed by atoms with Gasteiger partial charge < -0.3 is 10.0 Å². The minimum atomic E-state index is -1.03. The summed E-state index contributed by atoms with van der Waals surface area (Å²) in [6.45, 7) is 4.05. The van der Waals surface area contributed by atoms with E-state index in [0.29, 0.717) is 13.0 Å². The zero-order valence-electron chi connectivity index (χ0n) is 11.6. The van der Waals surface area contributed by atoms with Crippen LogP contribution in [0.15, 0.2) is 18.2 Å². The number of nitrogens with zero attached hydrogens (tertiary/aromatic N) is 1. The first-order chi connectivity index (χ1) is 9.40. The number of hydrogen-bond acceptors (Lipinski definition) is 2. The number of likely N-dealkylation sites (tertiary alicyclic amines) is 1. The van der Waals surface area contributed by atoms with Crippen molar-refractivity contribution in [1.29, 1.82) is 0 Å². The molecule has 0 aromatic heterocycles. The molecular weight excluding hydrogens is 261 g/mol. The van der Waals surface area contributed by atoms with E-state index in [-0.39, 0.29) is 11.5 Å². The van der Waals surface area contributed by atoms with E-state index in [0.717, 1.165) is 12.0 Å². The number of amides is 1. The predicted octanol–water partition coefficient (Wildman–Crippen LogP) is 2.46. The Morgan fingerprint density at radius 1 is 1.40 bits per heavy atom. The smallest absolute Gasteiger partial charge is 0.326 e. The number of piperidine rings is 1. The number of hydrogen-bond donors (Lipinski definition) is 1. The average molecular weight is 279 g/mol. The van der Waals surface area contributed by atoms with Crippen LogP contribution in [0.25, 0.3) is 0 Å². The van der Waals surface area contributed by atoms with E-state index in [1.165, 1.54) is 17.0 Å². The Morgan fingerprint density at radius 2 is 2.10 bits per heavy atom. The molecule has 0 spiro atoms. The summed E-state index contributed by atoms with van der Waals surface area (Å²) < 4.78 is 13.9. The summed E-state index contributed by atoms with van der Waals surface area (Å²) in [4.78, 5) is 24.9. The molecule has 1 aromatic rings. The summed E-state index contributed by atoms with van der Waals surface area (Å²) in [5.41, 5.74) is 0.664. The highest BCUT2D eigenvalue weighted by atomic mass is 19.1. The van der Waals surface area contributed by atoms with E-state index in [1.54, 1.807) is 13.0 Å². The standard InChI is InChI=1S/C15H18FNO3/c1-9-3-4-11(12(16)7-9)14(18)17-6-5-10(2)8-13(17)15(19)20/h3-4,7,10,13H,5-6,8H2,1-2H3,(H,19,20). The number of aliphatic carboxylic acids is 1. The highest BCUT2D eigenvalue weighted by molar-refractivity contribution is 5.97. The summed E-state index contributed by atoms with van der Waals surface area (Å²) >= 11 is 0. The number of carbonyl (C=O) groups is 2. The zero-order chi connectivity index (χ0) is 14.9. The van der Waals surface area contributed by atoms with Crippen LogP contribution >= 0.6 is 0 Å². The Hall–Kier alpha value is -1.91. The van der Waals surface area contributed by atoms with Gasteiger partial charge >= 0.3 is 5.97 Å². The highest BCUT2D eigenvalue weighted by Crippen LogP contribution is 2.25. The van der Waals surface area contributed by atoms with Gasteiger partial charge in [-0.25, -0.2) is 9.18 Å². The quantitative estimate of drug-likeness (QED) is 0.904. The van der Waals surface area contributed by atoms with E-state index in [9.17, 15) is 19.1 Å². The molecule has 108 valence electrons.